The molecule has 210 valence electrons. The zero-order valence-corrected chi connectivity index (χ0v) is 23.2. The molecular weight excluding hydrogens is 532 g/mol. The molecule has 0 aliphatic carbocycles. The molecular formula is C32H34ClF2N3O2. The van der Waals surface area contributed by atoms with Crippen LogP contribution in [0.3, 0.4) is 0 Å². The van der Waals surface area contributed by atoms with Gasteiger partial charge in [-0.1, -0.05) is 66.2 Å². The van der Waals surface area contributed by atoms with Crippen LogP contribution in [0.4, 0.5) is 8.78 Å². The first kappa shape index (κ1) is 29.6. The highest BCUT2D eigenvalue weighted by atomic mass is 35.5. The molecule has 0 radical (unpaired) electrons. The number of hydrogen-bond donors (Lipinski definition) is 0. The molecule has 0 atom stereocenters. The first-order chi connectivity index (χ1) is 19.0. The van der Waals surface area contributed by atoms with Crippen molar-refractivity contribution in [2.24, 2.45) is 0 Å². The summed E-state index contributed by atoms with van der Waals surface area (Å²) < 4.78 is 27.6. The lowest BCUT2D eigenvalue weighted by atomic mass is 9.88. The summed E-state index contributed by atoms with van der Waals surface area (Å²) in [7, 11) is 0. The largest absolute Gasteiger partial charge is 0.303 e. The van der Waals surface area contributed by atoms with E-state index in [1.54, 1.807) is 23.1 Å². The van der Waals surface area contributed by atoms with Gasteiger partial charge in [-0.2, -0.15) is 0 Å². The van der Waals surface area contributed by atoms with E-state index < -0.39 is 0 Å². The van der Waals surface area contributed by atoms with E-state index in [0.29, 0.717) is 18.5 Å². The molecule has 0 saturated carbocycles. The highest BCUT2D eigenvalue weighted by Crippen LogP contribution is 2.32. The first-order valence-corrected chi connectivity index (χ1v) is 13.5. The summed E-state index contributed by atoms with van der Waals surface area (Å²) in [5.41, 5.74) is 5.19. The van der Waals surface area contributed by atoms with Crippen molar-refractivity contribution in [1.29, 1.82) is 0 Å². The van der Waals surface area contributed by atoms with Crippen molar-refractivity contribution in [1.82, 2.24) is 14.7 Å². The van der Waals surface area contributed by atoms with E-state index in [0.717, 1.165) is 43.6 Å². The molecule has 2 heterocycles. The third-order valence-corrected chi connectivity index (χ3v) is 7.54. The van der Waals surface area contributed by atoms with Crippen LogP contribution in [-0.2, 0) is 16.1 Å². The Morgan fingerprint density at radius 3 is 1.95 bits per heavy atom. The highest BCUT2D eigenvalue weighted by molar-refractivity contribution is 5.99. The molecule has 0 bridgehead atoms. The minimum absolute atomic E-state index is 0. The summed E-state index contributed by atoms with van der Waals surface area (Å²) in [6, 6.07) is 23.4. The number of nitrogens with zero attached hydrogens (tertiary/aromatic N) is 3. The van der Waals surface area contributed by atoms with E-state index in [9.17, 15) is 18.4 Å². The van der Waals surface area contributed by atoms with Crippen molar-refractivity contribution >= 4 is 29.8 Å². The SMILES string of the molecule is Cl.O=C1CN(Cc2ccccc2F)CC(=O)N1CCCN1CCC(=C(c2ccccc2)c2ccc(F)cc2)CC1. The molecule has 2 amide bonds. The Kier molecular flexibility index (Phi) is 10.2. The van der Waals surface area contributed by atoms with E-state index in [2.05, 4.69) is 17.0 Å². The second-order valence-electron chi connectivity index (χ2n) is 10.2. The van der Waals surface area contributed by atoms with Gasteiger partial charge in [0.25, 0.3) is 0 Å². The second-order valence-corrected chi connectivity index (χ2v) is 10.2. The summed E-state index contributed by atoms with van der Waals surface area (Å²) in [5, 5.41) is 0. The Labute approximate surface area is 240 Å². The summed E-state index contributed by atoms with van der Waals surface area (Å²) >= 11 is 0. The average molecular weight is 566 g/mol. The van der Waals surface area contributed by atoms with Gasteiger partial charge in [-0.3, -0.25) is 19.4 Å². The molecule has 0 spiro atoms. The van der Waals surface area contributed by atoms with Crippen molar-refractivity contribution in [3.63, 3.8) is 0 Å². The van der Waals surface area contributed by atoms with Gasteiger partial charge in [-0.05, 0) is 60.7 Å². The molecule has 3 aromatic carbocycles. The molecule has 2 fully saturated rings. The van der Waals surface area contributed by atoms with Gasteiger partial charge >= 0.3 is 0 Å². The third-order valence-electron chi connectivity index (χ3n) is 7.54. The smallest absolute Gasteiger partial charge is 0.243 e. The number of piperidine rings is 1. The van der Waals surface area contributed by atoms with Gasteiger partial charge in [0.05, 0.1) is 13.1 Å². The fraction of sp³-hybridized carbons (Fsp3) is 0.312. The van der Waals surface area contributed by atoms with Crippen LogP contribution in [0.2, 0.25) is 0 Å². The number of likely N-dealkylation sites (tertiary alicyclic amines) is 1. The lowest BCUT2D eigenvalue weighted by Gasteiger charge is -2.34. The van der Waals surface area contributed by atoms with Crippen LogP contribution >= 0.6 is 12.4 Å². The lowest BCUT2D eigenvalue weighted by molar-refractivity contribution is -0.151. The Morgan fingerprint density at radius 1 is 0.700 bits per heavy atom. The number of piperazine rings is 1. The Balaban J connectivity index is 0.00000370. The van der Waals surface area contributed by atoms with Gasteiger partial charge in [-0.25, -0.2) is 8.78 Å². The number of carbonyl (C=O) groups is 2. The van der Waals surface area contributed by atoms with Crippen molar-refractivity contribution in [3.05, 3.63) is 113 Å². The molecule has 0 N–H and O–H groups in total. The monoisotopic (exact) mass is 565 g/mol. The molecule has 2 aliphatic heterocycles. The number of carbonyl (C=O) groups excluding carboxylic acids is 2. The second kappa shape index (κ2) is 13.8. The summed E-state index contributed by atoms with van der Waals surface area (Å²) in [5.74, 6) is -1.01. The lowest BCUT2D eigenvalue weighted by Crippen LogP contribution is -2.54. The Hall–Kier alpha value is -3.39. The molecule has 5 nitrogen and oxygen atoms in total. The van der Waals surface area contributed by atoms with Crippen LogP contribution in [0.25, 0.3) is 5.57 Å². The quantitative estimate of drug-likeness (QED) is 0.336. The van der Waals surface area contributed by atoms with Crippen LogP contribution in [0.15, 0.2) is 84.4 Å². The van der Waals surface area contributed by atoms with Crippen LogP contribution in [0.1, 0.15) is 36.0 Å². The number of hydrogen-bond acceptors (Lipinski definition) is 4. The fourth-order valence-electron chi connectivity index (χ4n) is 5.52. The molecule has 0 unspecified atom stereocenters. The maximum atomic E-state index is 14.0. The summed E-state index contributed by atoms with van der Waals surface area (Å²) in [4.78, 5) is 30.8. The zero-order valence-electron chi connectivity index (χ0n) is 22.4. The van der Waals surface area contributed by atoms with Gasteiger partial charge in [-0.15, -0.1) is 12.4 Å². The normalized spacial score (nSPS) is 16.6. The van der Waals surface area contributed by atoms with Gasteiger partial charge in [0, 0.05) is 31.7 Å². The van der Waals surface area contributed by atoms with E-state index in [1.807, 2.05) is 30.3 Å². The van der Waals surface area contributed by atoms with Gasteiger partial charge < -0.3 is 4.90 Å². The van der Waals surface area contributed by atoms with Crippen molar-refractivity contribution in [2.75, 3.05) is 39.3 Å². The summed E-state index contributed by atoms with van der Waals surface area (Å²) in [6.45, 7) is 3.46. The van der Waals surface area contributed by atoms with Crippen molar-refractivity contribution < 1.29 is 18.4 Å². The van der Waals surface area contributed by atoms with Gasteiger partial charge in [0.1, 0.15) is 11.6 Å². The Bertz CT molecular complexity index is 1320. The molecule has 2 aliphatic rings. The average Bonchev–Trinajstić information content (AvgIpc) is 2.94. The number of halogens is 3. The van der Waals surface area contributed by atoms with E-state index in [4.69, 9.17) is 0 Å². The predicted octanol–water partition coefficient (Wildman–Crippen LogP) is 5.55. The van der Waals surface area contributed by atoms with Gasteiger partial charge in [0.15, 0.2) is 0 Å². The van der Waals surface area contributed by atoms with Crippen molar-refractivity contribution in [2.45, 2.75) is 25.8 Å². The van der Waals surface area contributed by atoms with Crippen LogP contribution in [0.5, 0.6) is 0 Å². The van der Waals surface area contributed by atoms with Crippen LogP contribution in [0, 0.1) is 11.6 Å². The number of benzene rings is 3. The number of rotatable bonds is 8. The maximum absolute atomic E-state index is 14.0. The van der Waals surface area contributed by atoms with Crippen LogP contribution in [-0.4, -0.2) is 65.8 Å². The minimum atomic E-state index is -0.326. The molecule has 2 saturated heterocycles. The minimum Gasteiger partial charge on any atom is -0.303 e. The highest BCUT2D eigenvalue weighted by Gasteiger charge is 2.31. The molecule has 0 aromatic heterocycles. The molecule has 5 rings (SSSR count). The third kappa shape index (κ3) is 7.22. The van der Waals surface area contributed by atoms with E-state index in [1.165, 1.54) is 34.2 Å². The van der Waals surface area contributed by atoms with E-state index >= 15 is 0 Å². The fourth-order valence-corrected chi connectivity index (χ4v) is 5.52. The predicted molar refractivity (Wildman–Crippen MR) is 155 cm³/mol. The van der Waals surface area contributed by atoms with Gasteiger partial charge in [0.2, 0.25) is 11.8 Å². The number of amides is 2. The van der Waals surface area contributed by atoms with Crippen molar-refractivity contribution in [3.8, 4) is 0 Å². The molecule has 40 heavy (non-hydrogen) atoms. The zero-order chi connectivity index (χ0) is 27.2. The Morgan fingerprint density at radius 2 is 1.30 bits per heavy atom. The first-order valence-electron chi connectivity index (χ1n) is 13.5. The molecule has 8 heteroatoms. The maximum Gasteiger partial charge on any atom is 0.243 e. The molecule has 3 aromatic rings. The topological polar surface area (TPSA) is 43.9 Å². The van der Waals surface area contributed by atoms with Crippen LogP contribution < -0.4 is 0 Å². The number of imide groups is 1. The standard InChI is InChI=1S/C32H33F2N3O2.ClH/c33-28-13-11-25(12-14-28)32(24-7-2-1-3-8-24)26-15-19-35(20-16-26)17-6-18-37-30(38)22-36(23-31(37)39)21-27-9-4-5-10-29(27)34;/h1-5,7-14H,6,15-23H2;1H. The summed E-state index contributed by atoms with van der Waals surface area (Å²) in [6.07, 6.45) is 2.54. The van der Waals surface area contributed by atoms with E-state index in [-0.39, 0.29) is 55.5 Å².